The molecule has 27 heavy (non-hydrogen) atoms. The molecule has 5 nitrogen and oxygen atoms in total. The highest BCUT2D eigenvalue weighted by Gasteiger charge is 2.29. The van der Waals surface area contributed by atoms with Crippen LogP contribution in [0.5, 0.6) is 0 Å². The Bertz CT molecular complexity index is 954. The average Bonchev–Trinajstić information content (AvgIpc) is 3.48. The SMILES string of the molecule is CCc1ccc(CN(C)Cn2nc(-c3ccncc3)n(C3CC3)c2=S)cc1. The van der Waals surface area contributed by atoms with Gasteiger partial charge in [-0.2, -0.15) is 5.10 Å². The Morgan fingerprint density at radius 3 is 2.37 bits per heavy atom. The Kier molecular flexibility index (Phi) is 5.18. The van der Waals surface area contributed by atoms with E-state index in [4.69, 9.17) is 17.3 Å². The van der Waals surface area contributed by atoms with Gasteiger partial charge in [0.1, 0.15) is 0 Å². The third kappa shape index (κ3) is 4.01. The maximum Gasteiger partial charge on any atom is 0.199 e. The van der Waals surface area contributed by atoms with Crippen molar-refractivity contribution in [2.75, 3.05) is 7.05 Å². The summed E-state index contributed by atoms with van der Waals surface area (Å²) in [6, 6.07) is 13.3. The Morgan fingerprint density at radius 1 is 1.07 bits per heavy atom. The molecule has 4 rings (SSSR count). The fourth-order valence-electron chi connectivity index (χ4n) is 3.34. The van der Waals surface area contributed by atoms with Crippen LogP contribution in [-0.2, 0) is 19.6 Å². The van der Waals surface area contributed by atoms with Crippen molar-refractivity contribution in [3.63, 3.8) is 0 Å². The van der Waals surface area contributed by atoms with Gasteiger partial charge in [0.05, 0.1) is 6.67 Å². The summed E-state index contributed by atoms with van der Waals surface area (Å²) in [4.78, 5) is 6.37. The molecule has 0 radical (unpaired) electrons. The van der Waals surface area contributed by atoms with E-state index in [0.717, 1.165) is 29.1 Å². The van der Waals surface area contributed by atoms with E-state index in [9.17, 15) is 0 Å². The average molecular weight is 380 g/mol. The first-order valence-electron chi connectivity index (χ1n) is 9.52. The first-order valence-corrected chi connectivity index (χ1v) is 9.92. The highest BCUT2D eigenvalue weighted by molar-refractivity contribution is 7.71. The van der Waals surface area contributed by atoms with Crippen LogP contribution in [0.15, 0.2) is 48.8 Å². The predicted molar refractivity (Wildman–Crippen MR) is 110 cm³/mol. The summed E-state index contributed by atoms with van der Waals surface area (Å²) < 4.78 is 4.97. The van der Waals surface area contributed by atoms with Gasteiger partial charge in [-0.3, -0.25) is 14.5 Å². The Balaban J connectivity index is 1.55. The Labute approximate surface area is 165 Å². The molecule has 0 bridgehead atoms. The van der Waals surface area contributed by atoms with E-state index in [1.807, 2.05) is 16.8 Å². The van der Waals surface area contributed by atoms with Gasteiger partial charge in [0.15, 0.2) is 10.6 Å². The minimum Gasteiger partial charge on any atom is -0.297 e. The zero-order valence-corrected chi connectivity index (χ0v) is 16.7. The lowest BCUT2D eigenvalue weighted by Gasteiger charge is -2.16. The zero-order valence-electron chi connectivity index (χ0n) is 15.9. The second kappa shape index (κ2) is 7.74. The number of aromatic nitrogens is 4. The quantitative estimate of drug-likeness (QED) is 0.568. The maximum absolute atomic E-state index is 5.77. The molecule has 0 saturated heterocycles. The lowest BCUT2D eigenvalue weighted by Crippen LogP contribution is -2.22. The molecule has 1 aliphatic rings. The molecular weight excluding hydrogens is 354 g/mol. The van der Waals surface area contributed by atoms with Gasteiger partial charge in [-0.05, 0) is 61.8 Å². The third-order valence-electron chi connectivity index (χ3n) is 4.98. The Hall–Kier alpha value is -2.31. The lowest BCUT2D eigenvalue weighted by atomic mass is 10.1. The highest BCUT2D eigenvalue weighted by atomic mass is 32.1. The van der Waals surface area contributed by atoms with Gasteiger partial charge in [-0.15, -0.1) is 0 Å². The number of hydrogen-bond donors (Lipinski definition) is 0. The van der Waals surface area contributed by atoms with Crippen LogP contribution in [0.4, 0.5) is 0 Å². The molecule has 3 aromatic rings. The highest BCUT2D eigenvalue weighted by Crippen LogP contribution is 2.38. The van der Waals surface area contributed by atoms with Gasteiger partial charge in [-0.1, -0.05) is 31.2 Å². The van der Waals surface area contributed by atoms with Crippen LogP contribution >= 0.6 is 12.2 Å². The number of rotatable bonds is 7. The van der Waals surface area contributed by atoms with E-state index in [2.05, 4.69) is 52.7 Å². The summed E-state index contributed by atoms with van der Waals surface area (Å²) in [6.45, 7) is 3.72. The van der Waals surface area contributed by atoms with Crippen molar-refractivity contribution >= 4 is 12.2 Å². The molecule has 1 aliphatic carbocycles. The topological polar surface area (TPSA) is 38.9 Å². The normalized spacial score (nSPS) is 14.0. The minimum atomic E-state index is 0.487. The van der Waals surface area contributed by atoms with Crippen LogP contribution in [0.25, 0.3) is 11.4 Å². The van der Waals surface area contributed by atoms with Crippen molar-refractivity contribution in [1.29, 1.82) is 0 Å². The van der Waals surface area contributed by atoms with Crippen molar-refractivity contribution < 1.29 is 0 Å². The summed E-state index contributed by atoms with van der Waals surface area (Å²) in [5, 5.41) is 4.86. The van der Waals surface area contributed by atoms with E-state index in [0.29, 0.717) is 12.7 Å². The molecule has 2 heterocycles. The van der Waals surface area contributed by atoms with Gasteiger partial charge < -0.3 is 0 Å². The van der Waals surface area contributed by atoms with E-state index in [1.165, 1.54) is 24.0 Å². The van der Waals surface area contributed by atoms with Crippen LogP contribution in [0, 0.1) is 4.77 Å². The van der Waals surface area contributed by atoms with Gasteiger partial charge in [-0.25, -0.2) is 4.68 Å². The lowest BCUT2D eigenvalue weighted by molar-refractivity contribution is 0.244. The molecule has 0 spiro atoms. The van der Waals surface area contributed by atoms with Crippen LogP contribution in [0.3, 0.4) is 0 Å². The van der Waals surface area contributed by atoms with Crippen molar-refractivity contribution in [1.82, 2.24) is 24.2 Å². The van der Waals surface area contributed by atoms with E-state index in [-0.39, 0.29) is 0 Å². The largest absolute Gasteiger partial charge is 0.297 e. The van der Waals surface area contributed by atoms with Gasteiger partial charge in [0.2, 0.25) is 0 Å². The second-order valence-corrected chi connectivity index (χ2v) is 7.63. The summed E-state index contributed by atoms with van der Waals surface area (Å²) >= 11 is 5.77. The molecule has 0 N–H and O–H groups in total. The molecular formula is C21H25N5S. The standard InChI is InChI=1S/C21H25N5S/c1-3-16-4-6-17(7-5-16)14-24(2)15-25-21(27)26(19-8-9-19)20(23-25)18-10-12-22-13-11-18/h4-7,10-13,19H,3,8-9,14-15H2,1-2H3. The number of nitrogens with zero attached hydrogens (tertiary/aromatic N) is 5. The summed E-state index contributed by atoms with van der Waals surface area (Å²) in [6.07, 6.45) is 7.04. The fraction of sp³-hybridized carbons (Fsp3) is 0.381. The van der Waals surface area contributed by atoms with Crippen LogP contribution < -0.4 is 0 Å². The van der Waals surface area contributed by atoms with Crippen LogP contribution in [-0.4, -0.2) is 31.3 Å². The van der Waals surface area contributed by atoms with Crippen molar-refractivity contribution in [3.8, 4) is 11.4 Å². The van der Waals surface area contributed by atoms with Crippen LogP contribution in [0.2, 0.25) is 0 Å². The molecule has 1 fully saturated rings. The smallest absolute Gasteiger partial charge is 0.199 e. The molecule has 0 aliphatic heterocycles. The maximum atomic E-state index is 5.77. The molecule has 2 aromatic heterocycles. The van der Waals surface area contributed by atoms with E-state index < -0.39 is 0 Å². The first-order chi connectivity index (χ1) is 13.2. The number of aryl methyl sites for hydroxylation is 1. The predicted octanol–water partition coefficient (Wildman–Crippen LogP) is 4.46. The van der Waals surface area contributed by atoms with E-state index >= 15 is 0 Å². The third-order valence-corrected chi connectivity index (χ3v) is 5.39. The van der Waals surface area contributed by atoms with Crippen molar-refractivity contribution in [3.05, 3.63) is 64.7 Å². The molecule has 0 amide bonds. The molecule has 0 unspecified atom stereocenters. The second-order valence-electron chi connectivity index (χ2n) is 7.27. The molecule has 6 heteroatoms. The Morgan fingerprint density at radius 2 is 1.74 bits per heavy atom. The molecule has 140 valence electrons. The summed E-state index contributed by atoms with van der Waals surface area (Å²) in [7, 11) is 2.11. The monoisotopic (exact) mass is 379 g/mol. The van der Waals surface area contributed by atoms with E-state index in [1.54, 1.807) is 12.4 Å². The van der Waals surface area contributed by atoms with Gasteiger partial charge in [0, 0.05) is 30.5 Å². The number of hydrogen-bond acceptors (Lipinski definition) is 4. The zero-order chi connectivity index (χ0) is 18.8. The van der Waals surface area contributed by atoms with Gasteiger partial charge in [0.25, 0.3) is 0 Å². The van der Waals surface area contributed by atoms with Crippen molar-refractivity contribution in [2.45, 2.75) is 45.4 Å². The summed E-state index contributed by atoms with van der Waals surface area (Å²) in [5.74, 6) is 0.950. The molecule has 0 atom stereocenters. The summed E-state index contributed by atoms with van der Waals surface area (Å²) in [5.41, 5.74) is 3.74. The van der Waals surface area contributed by atoms with Crippen molar-refractivity contribution in [2.24, 2.45) is 0 Å². The molecule has 1 saturated carbocycles. The first kappa shape index (κ1) is 18.1. The molecule has 1 aromatic carbocycles. The fourth-order valence-corrected chi connectivity index (χ4v) is 3.68. The minimum absolute atomic E-state index is 0.487. The van der Waals surface area contributed by atoms with Crippen LogP contribution in [0.1, 0.15) is 36.9 Å². The number of benzene rings is 1. The number of pyridine rings is 1. The van der Waals surface area contributed by atoms with Gasteiger partial charge >= 0.3 is 0 Å².